The highest BCUT2D eigenvalue weighted by molar-refractivity contribution is 4.91. The molecular weight excluding hydrogens is 272 g/mol. The lowest BCUT2D eigenvalue weighted by atomic mass is 10.0. The molecule has 0 amide bonds. The van der Waals surface area contributed by atoms with Gasteiger partial charge in [0.05, 0.1) is 0 Å². The van der Waals surface area contributed by atoms with Crippen molar-refractivity contribution in [2.45, 2.75) is 71.2 Å². The van der Waals surface area contributed by atoms with E-state index in [-0.39, 0.29) is 0 Å². The maximum absolute atomic E-state index is 2.65. The third kappa shape index (κ3) is 4.22. The summed E-state index contributed by atoms with van der Waals surface area (Å²) in [6.45, 7) is 17.8. The molecule has 0 N–H and O–H groups in total. The van der Waals surface area contributed by atoms with E-state index in [4.69, 9.17) is 0 Å². The van der Waals surface area contributed by atoms with Crippen LogP contribution in [-0.4, -0.2) is 96.6 Å². The molecule has 2 heterocycles. The van der Waals surface area contributed by atoms with Crippen LogP contribution in [0.5, 0.6) is 0 Å². The molecule has 4 nitrogen and oxygen atoms in total. The fourth-order valence-corrected chi connectivity index (χ4v) is 3.99. The predicted octanol–water partition coefficient (Wildman–Crippen LogP) is 1.81. The second-order valence-corrected chi connectivity index (χ2v) is 8.19. The Labute approximate surface area is 138 Å². The second-order valence-electron chi connectivity index (χ2n) is 8.19. The van der Waals surface area contributed by atoms with Crippen molar-refractivity contribution in [1.29, 1.82) is 0 Å². The van der Waals surface area contributed by atoms with E-state index in [2.05, 4.69) is 68.3 Å². The largest absolute Gasteiger partial charge is 0.300 e. The van der Waals surface area contributed by atoms with Crippen LogP contribution in [0.25, 0.3) is 0 Å². The zero-order valence-corrected chi connectivity index (χ0v) is 15.9. The highest BCUT2D eigenvalue weighted by Crippen LogP contribution is 2.20. The fraction of sp³-hybridized carbons (Fsp3) is 1.00. The topological polar surface area (TPSA) is 13.0 Å². The van der Waals surface area contributed by atoms with Gasteiger partial charge < -0.3 is 4.90 Å². The van der Waals surface area contributed by atoms with Gasteiger partial charge in [-0.05, 0) is 55.1 Å². The molecule has 0 aromatic carbocycles. The van der Waals surface area contributed by atoms with Gasteiger partial charge in [0.1, 0.15) is 0 Å². The molecule has 0 saturated carbocycles. The van der Waals surface area contributed by atoms with Crippen LogP contribution in [0.3, 0.4) is 0 Å². The first kappa shape index (κ1) is 18.2. The summed E-state index contributed by atoms with van der Waals surface area (Å²) in [5.74, 6) is 0. The normalized spacial score (nSPS) is 32.7. The number of piperazine rings is 1. The van der Waals surface area contributed by atoms with Gasteiger partial charge in [0.15, 0.2) is 0 Å². The van der Waals surface area contributed by atoms with Gasteiger partial charge in [-0.2, -0.15) is 0 Å². The maximum Gasteiger partial charge on any atom is 0.0350 e. The lowest BCUT2D eigenvalue weighted by Gasteiger charge is -2.47. The van der Waals surface area contributed by atoms with E-state index >= 15 is 0 Å². The Hall–Kier alpha value is -0.160. The molecule has 2 fully saturated rings. The Balaban J connectivity index is 1.90. The standard InChI is InChI=1S/C18H38N4/c1-14(2)21-9-8-17(12-21)19(6)11-18-13-22(15(3)4)10-16(5)20(18)7/h14-18H,8-13H2,1-7H3/t16-,17+,18?/m0/s1. The van der Waals surface area contributed by atoms with Crippen LogP contribution in [0, 0.1) is 0 Å². The molecule has 2 rings (SSSR count). The Morgan fingerprint density at radius 3 is 2.18 bits per heavy atom. The van der Waals surface area contributed by atoms with Crippen LogP contribution in [-0.2, 0) is 0 Å². The lowest BCUT2D eigenvalue weighted by molar-refractivity contribution is 0.0161. The first-order valence-electron chi connectivity index (χ1n) is 9.19. The zero-order chi connectivity index (χ0) is 16.4. The number of likely N-dealkylation sites (tertiary alicyclic amines) is 1. The average molecular weight is 311 g/mol. The predicted molar refractivity (Wildman–Crippen MR) is 95.5 cm³/mol. The van der Waals surface area contributed by atoms with Gasteiger partial charge in [-0.15, -0.1) is 0 Å². The molecule has 0 radical (unpaired) electrons. The SMILES string of the molecule is CC(C)N1CC[C@@H](N(C)CC2CN(C(C)C)C[C@H](C)N2C)C1. The molecule has 0 spiro atoms. The zero-order valence-electron chi connectivity index (χ0n) is 15.9. The van der Waals surface area contributed by atoms with Crippen LogP contribution in [0.1, 0.15) is 41.0 Å². The minimum absolute atomic E-state index is 0.657. The summed E-state index contributed by atoms with van der Waals surface area (Å²) in [6, 6.07) is 3.40. The van der Waals surface area contributed by atoms with E-state index in [1.807, 2.05) is 0 Å². The third-order valence-electron chi connectivity index (χ3n) is 5.99. The van der Waals surface area contributed by atoms with E-state index in [1.165, 1.54) is 39.1 Å². The van der Waals surface area contributed by atoms with Crippen molar-refractivity contribution < 1.29 is 0 Å². The van der Waals surface area contributed by atoms with Crippen LogP contribution < -0.4 is 0 Å². The molecule has 130 valence electrons. The lowest BCUT2D eigenvalue weighted by Crippen LogP contribution is -2.61. The Morgan fingerprint density at radius 1 is 1.00 bits per heavy atom. The molecule has 2 aliphatic heterocycles. The molecule has 4 heteroatoms. The first-order valence-corrected chi connectivity index (χ1v) is 9.19. The highest BCUT2D eigenvalue weighted by atomic mass is 15.3. The molecule has 0 bridgehead atoms. The summed E-state index contributed by atoms with van der Waals surface area (Å²) in [5.41, 5.74) is 0. The molecule has 0 aromatic heterocycles. The van der Waals surface area contributed by atoms with Gasteiger partial charge in [0, 0.05) is 62.9 Å². The van der Waals surface area contributed by atoms with Crippen molar-refractivity contribution in [2.24, 2.45) is 0 Å². The van der Waals surface area contributed by atoms with E-state index < -0.39 is 0 Å². The molecule has 3 atom stereocenters. The van der Waals surface area contributed by atoms with Gasteiger partial charge in [0.25, 0.3) is 0 Å². The molecular formula is C18H38N4. The van der Waals surface area contributed by atoms with Gasteiger partial charge in [-0.1, -0.05) is 0 Å². The van der Waals surface area contributed by atoms with Crippen molar-refractivity contribution in [1.82, 2.24) is 19.6 Å². The summed E-state index contributed by atoms with van der Waals surface area (Å²) >= 11 is 0. The Morgan fingerprint density at radius 2 is 1.64 bits per heavy atom. The molecule has 0 aromatic rings. The van der Waals surface area contributed by atoms with Crippen LogP contribution >= 0.6 is 0 Å². The number of hydrogen-bond acceptors (Lipinski definition) is 4. The van der Waals surface area contributed by atoms with E-state index in [0.717, 1.165) is 6.04 Å². The summed E-state index contributed by atoms with van der Waals surface area (Å²) in [5, 5.41) is 0. The quantitative estimate of drug-likeness (QED) is 0.768. The molecule has 2 aliphatic rings. The van der Waals surface area contributed by atoms with E-state index in [0.29, 0.717) is 24.2 Å². The van der Waals surface area contributed by atoms with Crippen LogP contribution in [0.15, 0.2) is 0 Å². The van der Waals surface area contributed by atoms with E-state index in [1.54, 1.807) is 0 Å². The van der Waals surface area contributed by atoms with Crippen LogP contribution in [0.2, 0.25) is 0 Å². The monoisotopic (exact) mass is 310 g/mol. The Bertz CT molecular complexity index is 344. The molecule has 0 aliphatic carbocycles. The number of nitrogens with zero attached hydrogens (tertiary/aromatic N) is 4. The Kier molecular flexibility index (Phi) is 6.29. The number of rotatable bonds is 5. The van der Waals surface area contributed by atoms with Crippen molar-refractivity contribution in [2.75, 3.05) is 46.8 Å². The van der Waals surface area contributed by atoms with Crippen molar-refractivity contribution in [3.05, 3.63) is 0 Å². The second kappa shape index (κ2) is 7.61. The first-order chi connectivity index (χ1) is 10.3. The van der Waals surface area contributed by atoms with E-state index in [9.17, 15) is 0 Å². The minimum atomic E-state index is 0.657. The summed E-state index contributed by atoms with van der Waals surface area (Å²) in [7, 11) is 4.65. The third-order valence-corrected chi connectivity index (χ3v) is 5.99. The van der Waals surface area contributed by atoms with Crippen molar-refractivity contribution in [3.8, 4) is 0 Å². The van der Waals surface area contributed by atoms with Gasteiger partial charge in [-0.25, -0.2) is 0 Å². The minimum Gasteiger partial charge on any atom is -0.300 e. The smallest absolute Gasteiger partial charge is 0.0350 e. The molecule has 1 unspecified atom stereocenters. The maximum atomic E-state index is 2.65. The summed E-state index contributed by atoms with van der Waals surface area (Å²) in [6.07, 6.45) is 1.33. The van der Waals surface area contributed by atoms with Gasteiger partial charge >= 0.3 is 0 Å². The summed E-state index contributed by atoms with van der Waals surface area (Å²) in [4.78, 5) is 10.5. The van der Waals surface area contributed by atoms with Gasteiger partial charge in [-0.3, -0.25) is 14.7 Å². The average Bonchev–Trinajstić information content (AvgIpc) is 2.93. The molecule has 22 heavy (non-hydrogen) atoms. The highest BCUT2D eigenvalue weighted by Gasteiger charge is 2.34. The fourth-order valence-electron chi connectivity index (χ4n) is 3.99. The van der Waals surface area contributed by atoms with Crippen molar-refractivity contribution >= 4 is 0 Å². The number of likely N-dealkylation sites (N-methyl/N-ethyl adjacent to an activating group) is 2. The molecule has 2 saturated heterocycles. The van der Waals surface area contributed by atoms with Gasteiger partial charge in [0.2, 0.25) is 0 Å². The summed E-state index contributed by atoms with van der Waals surface area (Å²) < 4.78 is 0. The van der Waals surface area contributed by atoms with Crippen LogP contribution in [0.4, 0.5) is 0 Å². The van der Waals surface area contributed by atoms with Crippen molar-refractivity contribution in [3.63, 3.8) is 0 Å². The number of hydrogen-bond donors (Lipinski definition) is 0.